The third-order valence-electron chi connectivity index (χ3n) is 5.24. The van der Waals surface area contributed by atoms with Crippen molar-refractivity contribution in [2.45, 2.75) is 25.2 Å². The maximum absolute atomic E-state index is 13.4. The van der Waals surface area contributed by atoms with Crippen molar-refractivity contribution >= 4 is 33.2 Å². The lowest BCUT2D eigenvalue weighted by molar-refractivity contribution is 0.0623. The zero-order valence-electron chi connectivity index (χ0n) is 17.3. The Balaban J connectivity index is 1.96. The van der Waals surface area contributed by atoms with Crippen LogP contribution in [-0.4, -0.2) is 38.9 Å². The Morgan fingerprint density at radius 3 is 2.47 bits per heavy atom. The summed E-state index contributed by atoms with van der Waals surface area (Å²) >= 11 is 6.26. The summed E-state index contributed by atoms with van der Waals surface area (Å²) in [5.74, 6) is 0.708. The van der Waals surface area contributed by atoms with E-state index in [0.717, 1.165) is 6.42 Å². The van der Waals surface area contributed by atoms with Crippen molar-refractivity contribution in [3.8, 4) is 0 Å². The highest BCUT2D eigenvalue weighted by molar-refractivity contribution is 7.92. The lowest BCUT2D eigenvalue weighted by Crippen LogP contribution is -2.42. The Hall–Kier alpha value is -2.31. The van der Waals surface area contributed by atoms with Crippen molar-refractivity contribution in [3.63, 3.8) is 0 Å². The summed E-state index contributed by atoms with van der Waals surface area (Å²) < 4.78 is 28.1. The molecule has 2 atom stereocenters. The Morgan fingerprint density at radius 2 is 1.83 bits per heavy atom. The van der Waals surface area contributed by atoms with Gasteiger partial charge in [0.15, 0.2) is 0 Å². The van der Waals surface area contributed by atoms with Crippen LogP contribution in [0.3, 0.4) is 0 Å². The number of likely N-dealkylation sites (tertiary alicyclic amines) is 1. The lowest BCUT2D eigenvalue weighted by atomic mass is 9.91. The number of rotatable bonds is 6. The predicted molar refractivity (Wildman–Crippen MR) is 121 cm³/mol. The molecular weight excluding hydrogens is 420 g/mol. The van der Waals surface area contributed by atoms with Crippen LogP contribution in [0.15, 0.2) is 66.1 Å². The quantitative estimate of drug-likeness (QED) is 0.596. The molecule has 2 unspecified atom stereocenters. The first-order valence-corrected chi connectivity index (χ1v) is 11.8. The monoisotopic (exact) mass is 446 g/mol. The zero-order valence-corrected chi connectivity index (χ0v) is 18.9. The summed E-state index contributed by atoms with van der Waals surface area (Å²) in [6, 6.07) is 13.0. The van der Waals surface area contributed by atoms with E-state index in [1.165, 1.54) is 22.5 Å². The lowest BCUT2D eigenvalue weighted by Gasteiger charge is -2.35. The SMILES string of the molecule is C=CCN(c1ccccc1Cl)S(=O)(=O)c1cccc(C(=O)N2CC(C)CC(C)C2)c1. The van der Waals surface area contributed by atoms with Gasteiger partial charge >= 0.3 is 0 Å². The molecule has 160 valence electrons. The van der Waals surface area contributed by atoms with E-state index in [9.17, 15) is 13.2 Å². The molecule has 0 bridgehead atoms. The van der Waals surface area contributed by atoms with Crippen molar-refractivity contribution in [2.24, 2.45) is 11.8 Å². The second-order valence-electron chi connectivity index (χ2n) is 7.96. The van der Waals surface area contributed by atoms with Gasteiger partial charge in [-0.25, -0.2) is 8.42 Å². The Bertz CT molecular complexity index is 1030. The van der Waals surface area contributed by atoms with Crippen LogP contribution in [-0.2, 0) is 10.0 Å². The average molecular weight is 447 g/mol. The van der Waals surface area contributed by atoms with E-state index < -0.39 is 10.0 Å². The van der Waals surface area contributed by atoms with E-state index in [2.05, 4.69) is 20.4 Å². The van der Waals surface area contributed by atoms with Crippen LogP contribution < -0.4 is 4.31 Å². The summed E-state index contributed by atoms with van der Waals surface area (Å²) in [6.45, 7) is 9.37. The molecule has 0 aromatic heterocycles. The minimum Gasteiger partial charge on any atom is -0.338 e. The molecule has 1 saturated heterocycles. The minimum absolute atomic E-state index is 0.0493. The van der Waals surface area contributed by atoms with Gasteiger partial charge in [-0.1, -0.05) is 49.7 Å². The number of carbonyl (C=O) groups is 1. The van der Waals surface area contributed by atoms with E-state index in [4.69, 9.17) is 11.6 Å². The van der Waals surface area contributed by atoms with Crippen LogP contribution in [0.2, 0.25) is 5.02 Å². The molecule has 5 nitrogen and oxygen atoms in total. The molecular formula is C23H27ClN2O3S. The average Bonchev–Trinajstić information content (AvgIpc) is 2.71. The van der Waals surface area contributed by atoms with Gasteiger partial charge in [0, 0.05) is 18.7 Å². The highest BCUT2D eigenvalue weighted by atomic mass is 35.5. The summed E-state index contributed by atoms with van der Waals surface area (Å²) in [6.07, 6.45) is 2.60. The second-order valence-corrected chi connectivity index (χ2v) is 10.2. The van der Waals surface area contributed by atoms with Crippen LogP contribution in [0, 0.1) is 11.8 Å². The molecule has 1 amide bonds. The molecule has 0 N–H and O–H groups in total. The maximum atomic E-state index is 13.4. The molecule has 1 aliphatic rings. The smallest absolute Gasteiger partial charge is 0.264 e. The molecule has 1 aliphatic heterocycles. The number of carbonyl (C=O) groups excluding carboxylic acids is 1. The fourth-order valence-corrected chi connectivity index (χ4v) is 5.81. The Labute approximate surface area is 184 Å². The molecule has 1 fully saturated rings. The molecule has 30 heavy (non-hydrogen) atoms. The van der Waals surface area contributed by atoms with Crippen molar-refractivity contribution in [3.05, 3.63) is 71.8 Å². The predicted octanol–water partition coefficient (Wildman–Crippen LogP) is 4.84. The fraction of sp³-hybridized carbons (Fsp3) is 0.348. The molecule has 2 aromatic carbocycles. The molecule has 0 saturated carbocycles. The maximum Gasteiger partial charge on any atom is 0.264 e. The number of para-hydroxylation sites is 1. The number of piperidine rings is 1. The van der Waals surface area contributed by atoms with Crippen molar-refractivity contribution in [1.82, 2.24) is 4.90 Å². The van der Waals surface area contributed by atoms with Gasteiger partial charge in [0.1, 0.15) is 0 Å². The van der Waals surface area contributed by atoms with E-state index >= 15 is 0 Å². The zero-order chi connectivity index (χ0) is 21.9. The van der Waals surface area contributed by atoms with Gasteiger partial charge in [0.25, 0.3) is 15.9 Å². The van der Waals surface area contributed by atoms with E-state index in [0.29, 0.717) is 41.2 Å². The number of hydrogen-bond acceptors (Lipinski definition) is 3. The first-order valence-electron chi connectivity index (χ1n) is 10.0. The van der Waals surface area contributed by atoms with Crippen LogP contribution in [0.5, 0.6) is 0 Å². The van der Waals surface area contributed by atoms with Gasteiger partial charge in [0.05, 0.1) is 22.2 Å². The minimum atomic E-state index is -3.94. The van der Waals surface area contributed by atoms with Crippen LogP contribution in [0.4, 0.5) is 5.69 Å². The summed E-state index contributed by atoms with van der Waals surface area (Å²) in [5.41, 5.74) is 0.740. The molecule has 0 radical (unpaired) electrons. The third-order valence-corrected chi connectivity index (χ3v) is 7.34. The highest BCUT2D eigenvalue weighted by Gasteiger charge is 2.29. The van der Waals surface area contributed by atoms with Crippen LogP contribution in [0.1, 0.15) is 30.6 Å². The highest BCUT2D eigenvalue weighted by Crippen LogP contribution is 2.31. The Kier molecular flexibility index (Phi) is 6.88. The number of halogens is 1. The van der Waals surface area contributed by atoms with Gasteiger partial charge < -0.3 is 4.90 Å². The summed E-state index contributed by atoms with van der Waals surface area (Å²) in [5, 5.41) is 0.325. The van der Waals surface area contributed by atoms with E-state index in [1.54, 1.807) is 36.4 Å². The summed E-state index contributed by atoms with van der Waals surface area (Å²) in [7, 11) is -3.94. The number of benzene rings is 2. The number of amides is 1. The number of sulfonamides is 1. The summed E-state index contributed by atoms with van der Waals surface area (Å²) in [4.78, 5) is 14.9. The van der Waals surface area contributed by atoms with Crippen LogP contribution in [0.25, 0.3) is 0 Å². The third kappa shape index (κ3) is 4.71. The van der Waals surface area contributed by atoms with Gasteiger partial charge in [-0.2, -0.15) is 0 Å². The number of hydrogen-bond donors (Lipinski definition) is 0. The second kappa shape index (κ2) is 9.23. The number of anilines is 1. The Morgan fingerprint density at radius 1 is 1.17 bits per heavy atom. The number of nitrogens with zero attached hydrogens (tertiary/aromatic N) is 2. The van der Waals surface area contributed by atoms with Crippen molar-refractivity contribution < 1.29 is 13.2 Å². The van der Waals surface area contributed by atoms with Crippen molar-refractivity contribution in [1.29, 1.82) is 0 Å². The molecule has 2 aromatic rings. The largest absolute Gasteiger partial charge is 0.338 e. The molecule has 1 heterocycles. The molecule has 3 rings (SSSR count). The standard InChI is InChI=1S/C23H27ClN2O3S/c1-4-12-26(22-11-6-5-10-21(22)24)30(28,29)20-9-7-8-19(14-20)23(27)25-15-17(2)13-18(3)16-25/h4-11,14,17-18H,1,12-13,15-16H2,2-3H3. The van der Waals surface area contributed by atoms with E-state index in [-0.39, 0.29) is 17.3 Å². The van der Waals surface area contributed by atoms with Crippen LogP contribution >= 0.6 is 11.6 Å². The topological polar surface area (TPSA) is 57.7 Å². The fourth-order valence-electron chi connectivity index (χ4n) is 4.03. The first kappa shape index (κ1) is 22.4. The van der Waals surface area contributed by atoms with E-state index in [1.807, 2.05) is 4.90 Å². The molecule has 0 aliphatic carbocycles. The molecule has 0 spiro atoms. The normalized spacial score (nSPS) is 19.4. The molecule has 7 heteroatoms. The van der Waals surface area contributed by atoms with Crippen molar-refractivity contribution in [2.75, 3.05) is 23.9 Å². The van der Waals surface area contributed by atoms with Gasteiger partial charge in [-0.3, -0.25) is 9.10 Å². The van der Waals surface area contributed by atoms with Gasteiger partial charge in [-0.15, -0.1) is 6.58 Å². The first-order chi connectivity index (χ1) is 14.2. The van der Waals surface area contributed by atoms with Gasteiger partial charge in [-0.05, 0) is 48.6 Å². The van der Waals surface area contributed by atoms with Gasteiger partial charge in [0.2, 0.25) is 0 Å².